The molecule has 1 saturated heterocycles. The molecule has 1 aliphatic rings. The Morgan fingerprint density at radius 2 is 1.86 bits per heavy atom. The summed E-state index contributed by atoms with van der Waals surface area (Å²) in [5.41, 5.74) is 0.668. The van der Waals surface area contributed by atoms with Crippen molar-refractivity contribution in [2.45, 2.75) is 52.7 Å². The predicted molar refractivity (Wildman–Crippen MR) is 92.8 cm³/mol. The van der Waals surface area contributed by atoms with Crippen LogP contribution in [0.2, 0.25) is 5.02 Å². The molecule has 22 heavy (non-hydrogen) atoms. The minimum Gasteiger partial charge on any atom is -0.444 e. The highest BCUT2D eigenvalue weighted by atomic mass is 35.5. The summed E-state index contributed by atoms with van der Waals surface area (Å²) < 4.78 is 5.27. The third-order valence-electron chi connectivity index (χ3n) is 3.10. The normalized spacial score (nSPS) is 17.5. The molecule has 124 valence electrons. The van der Waals surface area contributed by atoms with Crippen LogP contribution in [0.1, 0.15) is 41.0 Å². The number of nitrogens with one attached hydrogen (secondary N) is 1. The Kier molecular flexibility index (Phi) is 7.01. The smallest absolute Gasteiger partial charge is 0.407 e. The van der Waals surface area contributed by atoms with Gasteiger partial charge in [0.25, 0.3) is 0 Å². The van der Waals surface area contributed by atoms with Crippen LogP contribution in [0, 0.1) is 0 Å². The van der Waals surface area contributed by atoms with Crippen molar-refractivity contribution in [1.82, 2.24) is 5.32 Å². The summed E-state index contributed by atoms with van der Waals surface area (Å²) in [5.74, 6) is 0. The van der Waals surface area contributed by atoms with Crippen molar-refractivity contribution in [3.63, 3.8) is 0 Å². The maximum absolute atomic E-state index is 11.7. The molecule has 1 aliphatic heterocycles. The number of alkyl carbamates (subject to hydrolysis) is 1. The number of halogens is 1. The Labute approximate surface area is 138 Å². The zero-order valence-electron chi connectivity index (χ0n) is 14.1. The van der Waals surface area contributed by atoms with Crippen LogP contribution < -0.4 is 10.2 Å². The number of benzene rings is 1. The van der Waals surface area contributed by atoms with E-state index >= 15 is 0 Å². The van der Waals surface area contributed by atoms with Crippen LogP contribution in [0.4, 0.5) is 10.5 Å². The minimum atomic E-state index is -0.460. The summed E-state index contributed by atoms with van der Waals surface area (Å²) in [6.45, 7) is 11.3. The second kappa shape index (κ2) is 8.28. The van der Waals surface area contributed by atoms with Gasteiger partial charge in [0.15, 0.2) is 0 Å². The summed E-state index contributed by atoms with van der Waals surface area (Å²) in [7, 11) is 0. The minimum absolute atomic E-state index is 0.125. The molecular weight excluding hydrogens is 300 g/mol. The zero-order chi connectivity index (χ0) is 16.8. The Morgan fingerprint density at radius 1 is 1.27 bits per heavy atom. The van der Waals surface area contributed by atoms with Gasteiger partial charge >= 0.3 is 6.09 Å². The molecule has 0 radical (unpaired) electrons. The summed E-state index contributed by atoms with van der Waals surface area (Å²) in [5, 5.41) is 3.65. The first-order valence-electron chi connectivity index (χ1n) is 7.83. The number of carbonyl (C=O) groups is 1. The first-order valence-corrected chi connectivity index (χ1v) is 8.21. The molecule has 1 aromatic carbocycles. The van der Waals surface area contributed by atoms with Crippen LogP contribution in [0.3, 0.4) is 0 Å². The molecule has 0 bridgehead atoms. The number of rotatable bonds is 2. The zero-order valence-corrected chi connectivity index (χ0v) is 14.9. The summed E-state index contributed by atoms with van der Waals surface area (Å²) in [6.07, 6.45) is 0.572. The highest BCUT2D eigenvalue weighted by molar-refractivity contribution is 6.30. The van der Waals surface area contributed by atoms with Crippen LogP contribution in [-0.4, -0.2) is 30.8 Å². The van der Waals surface area contributed by atoms with Gasteiger partial charge in [0.2, 0.25) is 0 Å². The maximum Gasteiger partial charge on any atom is 0.407 e. The average molecular weight is 327 g/mol. The molecule has 1 unspecified atom stereocenters. The van der Waals surface area contributed by atoms with Gasteiger partial charge in [-0.3, -0.25) is 0 Å². The van der Waals surface area contributed by atoms with Crippen LogP contribution in [0.15, 0.2) is 24.3 Å². The number of ether oxygens (including phenoxy) is 1. The van der Waals surface area contributed by atoms with Crippen LogP contribution in [0.5, 0.6) is 0 Å². The molecule has 1 atom stereocenters. The second-order valence-electron chi connectivity index (χ2n) is 6.05. The van der Waals surface area contributed by atoms with Gasteiger partial charge in [-0.05, 0) is 51.5 Å². The van der Waals surface area contributed by atoms with E-state index in [4.69, 9.17) is 16.3 Å². The van der Waals surface area contributed by atoms with Crippen molar-refractivity contribution in [3.05, 3.63) is 29.3 Å². The fraction of sp³-hybridized carbons (Fsp3) is 0.588. The Hall–Kier alpha value is -1.42. The van der Waals surface area contributed by atoms with Gasteiger partial charge in [-0.2, -0.15) is 0 Å². The van der Waals surface area contributed by atoms with Gasteiger partial charge in [-0.1, -0.05) is 25.4 Å². The number of anilines is 1. The lowest BCUT2D eigenvalue weighted by molar-refractivity contribution is 0.0509. The highest BCUT2D eigenvalue weighted by Crippen LogP contribution is 2.22. The van der Waals surface area contributed by atoms with Crippen molar-refractivity contribution >= 4 is 23.4 Å². The van der Waals surface area contributed by atoms with Crippen LogP contribution >= 0.6 is 11.6 Å². The molecule has 0 aliphatic carbocycles. The monoisotopic (exact) mass is 326 g/mol. The Balaban J connectivity index is 0.00000116. The Bertz CT molecular complexity index is 469. The van der Waals surface area contributed by atoms with Crippen molar-refractivity contribution in [3.8, 4) is 0 Å². The molecule has 4 nitrogen and oxygen atoms in total. The number of hydrogen-bond acceptors (Lipinski definition) is 3. The largest absolute Gasteiger partial charge is 0.444 e. The fourth-order valence-electron chi connectivity index (χ4n) is 2.24. The SMILES string of the molecule is CC.CC(C)(C)OC(=O)NC1CCN(c2ccc(Cl)cc2)C1. The molecule has 1 amide bonds. The second-order valence-corrected chi connectivity index (χ2v) is 6.49. The first-order chi connectivity index (χ1) is 10.3. The molecule has 0 spiro atoms. The standard InChI is InChI=1S/C15H21ClN2O2.C2H6/c1-15(2,3)20-14(19)17-12-8-9-18(10-12)13-6-4-11(16)5-7-13;1-2/h4-7,12H,8-10H2,1-3H3,(H,17,19);1-2H3. The summed E-state index contributed by atoms with van der Waals surface area (Å²) in [6, 6.07) is 7.88. The summed E-state index contributed by atoms with van der Waals surface area (Å²) >= 11 is 5.89. The van der Waals surface area contributed by atoms with E-state index < -0.39 is 5.60 Å². The first kappa shape index (κ1) is 18.6. The highest BCUT2D eigenvalue weighted by Gasteiger charge is 2.26. The van der Waals surface area contributed by atoms with Gasteiger partial charge in [-0.25, -0.2) is 4.79 Å². The third-order valence-corrected chi connectivity index (χ3v) is 3.35. The lowest BCUT2D eigenvalue weighted by Crippen LogP contribution is -2.40. The molecule has 1 fully saturated rings. The lowest BCUT2D eigenvalue weighted by atomic mass is 10.2. The van der Waals surface area contributed by atoms with Gasteiger partial charge < -0.3 is 15.0 Å². The van der Waals surface area contributed by atoms with E-state index in [-0.39, 0.29) is 12.1 Å². The van der Waals surface area contributed by atoms with Crippen molar-refractivity contribution in [2.24, 2.45) is 0 Å². The van der Waals surface area contributed by atoms with E-state index in [1.807, 2.05) is 58.9 Å². The molecule has 0 saturated carbocycles. The molecule has 0 aromatic heterocycles. The van der Waals surface area contributed by atoms with E-state index in [0.717, 1.165) is 30.2 Å². The van der Waals surface area contributed by atoms with Gasteiger partial charge in [0.1, 0.15) is 5.60 Å². The molecule has 2 rings (SSSR count). The van der Waals surface area contributed by atoms with E-state index in [1.54, 1.807) is 0 Å². The fourth-order valence-corrected chi connectivity index (χ4v) is 2.36. The number of nitrogens with zero attached hydrogens (tertiary/aromatic N) is 1. The topological polar surface area (TPSA) is 41.6 Å². The van der Waals surface area contributed by atoms with Crippen LogP contribution in [-0.2, 0) is 4.74 Å². The van der Waals surface area contributed by atoms with E-state index in [2.05, 4.69) is 10.2 Å². The quantitative estimate of drug-likeness (QED) is 0.871. The number of hydrogen-bond donors (Lipinski definition) is 1. The molecule has 1 heterocycles. The summed E-state index contributed by atoms with van der Waals surface area (Å²) in [4.78, 5) is 14.0. The van der Waals surface area contributed by atoms with E-state index in [9.17, 15) is 4.79 Å². The number of amides is 1. The molecule has 1 N–H and O–H groups in total. The van der Waals surface area contributed by atoms with Crippen LogP contribution in [0.25, 0.3) is 0 Å². The molecule has 1 aromatic rings. The van der Waals surface area contributed by atoms with Crippen molar-refractivity contribution in [2.75, 3.05) is 18.0 Å². The Morgan fingerprint density at radius 3 is 2.41 bits per heavy atom. The average Bonchev–Trinajstić information content (AvgIpc) is 2.88. The van der Waals surface area contributed by atoms with E-state index in [1.165, 1.54) is 0 Å². The van der Waals surface area contributed by atoms with Crippen molar-refractivity contribution < 1.29 is 9.53 Å². The predicted octanol–water partition coefficient (Wildman–Crippen LogP) is 4.47. The maximum atomic E-state index is 11.7. The lowest BCUT2D eigenvalue weighted by Gasteiger charge is -2.22. The molecular formula is C17H27ClN2O2. The van der Waals surface area contributed by atoms with Gasteiger partial charge in [0.05, 0.1) is 6.04 Å². The third kappa shape index (κ3) is 6.14. The van der Waals surface area contributed by atoms with E-state index in [0.29, 0.717) is 0 Å². The molecule has 5 heteroatoms. The van der Waals surface area contributed by atoms with Crippen molar-refractivity contribution in [1.29, 1.82) is 0 Å². The van der Waals surface area contributed by atoms with Gasteiger partial charge in [-0.15, -0.1) is 0 Å². The number of carbonyl (C=O) groups excluding carboxylic acids is 1. The van der Waals surface area contributed by atoms with Gasteiger partial charge in [0, 0.05) is 23.8 Å².